The first-order valence-corrected chi connectivity index (χ1v) is 8.02. The Kier molecular flexibility index (Phi) is 6.89. The van der Waals surface area contributed by atoms with Crippen molar-refractivity contribution in [1.29, 1.82) is 0 Å². The molecule has 0 spiro atoms. The van der Waals surface area contributed by atoms with E-state index in [0.717, 1.165) is 18.7 Å². The van der Waals surface area contributed by atoms with E-state index >= 15 is 0 Å². The number of hydrogen-bond acceptors (Lipinski definition) is 3. The molecule has 1 saturated heterocycles. The number of likely N-dealkylation sites (tertiary alicyclic amines) is 1. The molecule has 20 heavy (non-hydrogen) atoms. The van der Waals surface area contributed by atoms with Crippen molar-refractivity contribution in [3.63, 3.8) is 0 Å². The van der Waals surface area contributed by atoms with E-state index in [1.54, 1.807) is 0 Å². The molecule has 0 radical (unpaired) electrons. The van der Waals surface area contributed by atoms with E-state index in [4.69, 9.17) is 10.5 Å². The smallest absolute Gasteiger partial charge is 0.119 e. The van der Waals surface area contributed by atoms with Crippen molar-refractivity contribution in [2.24, 2.45) is 5.73 Å². The summed E-state index contributed by atoms with van der Waals surface area (Å²) in [5.41, 5.74) is 6.84. The lowest BCUT2D eigenvalue weighted by atomic mass is 10.1. The minimum atomic E-state index is 0.688. The molecule has 2 N–H and O–H groups in total. The Morgan fingerprint density at radius 1 is 1.05 bits per heavy atom. The summed E-state index contributed by atoms with van der Waals surface area (Å²) in [6, 6.07) is 8.51. The third-order valence-corrected chi connectivity index (χ3v) is 3.87. The van der Waals surface area contributed by atoms with Gasteiger partial charge in [-0.3, -0.25) is 4.90 Å². The Morgan fingerprint density at radius 3 is 2.55 bits per heavy atom. The van der Waals surface area contributed by atoms with Gasteiger partial charge in [-0.1, -0.05) is 31.4 Å². The normalized spacial score (nSPS) is 17.4. The van der Waals surface area contributed by atoms with Gasteiger partial charge in [-0.2, -0.15) is 0 Å². The van der Waals surface area contributed by atoms with Crippen molar-refractivity contribution < 1.29 is 4.74 Å². The van der Waals surface area contributed by atoms with Gasteiger partial charge in [0.15, 0.2) is 0 Å². The van der Waals surface area contributed by atoms with E-state index in [-0.39, 0.29) is 0 Å². The van der Waals surface area contributed by atoms with E-state index in [1.807, 2.05) is 6.07 Å². The topological polar surface area (TPSA) is 38.5 Å². The number of nitrogens with two attached hydrogens (primary N) is 1. The van der Waals surface area contributed by atoms with Gasteiger partial charge in [-0.25, -0.2) is 0 Å². The summed E-state index contributed by atoms with van der Waals surface area (Å²) in [6.07, 6.45) is 7.78. The molecule has 1 fully saturated rings. The maximum Gasteiger partial charge on any atom is 0.119 e. The van der Waals surface area contributed by atoms with Gasteiger partial charge in [0, 0.05) is 6.54 Å². The maximum absolute atomic E-state index is 5.72. The van der Waals surface area contributed by atoms with Crippen molar-refractivity contribution >= 4 is 0 Å². The van der Waals surface area contributed by atoms with Crippen LogP contribution in [0.2, 0.25) is 0 Å². The molecule has 0 saturated carbocycles. The zero-order valence-corrected chi connectivity index (χ0v) is 12.5. The van der Waals surface area contributed by atoms with Crippen molar-refractivity contribution in [3.05, 3.63) is 29.8 Å². The van der Waals surface area contributed by atoms with Gasteiger partial charge >= 0.3 is 0 Å². The molecule has 3 nitrogen and oxygen atoms in total. The van der Waals surface area contributed by atoms with Gasteiger partial charge in [0.1, 0.15) is 5.75 Å². The number of benzene rings is 1. The fraction of sp³-hybridized carbons (Fsp3) is 0.647. The third-order valence-electron chi connectivity index (χ3n) is 3.87. The predicted octanol–water partition coefficient (Wildman–Crippen LogP) is 3.18. The van der Waals surface area contributed by atoms with E-state index in [0.29, 0.717) is 13.2 Å². The molecule has 1 aromatic carbocycles. The lowest BCUT2D eigenvalue weighted by molar-refractivity contribution is 0.239. The summed E-state index contributed by atoms with van der Waals surface area (Å²) in [4.78, 5) is 2.58. The molecule has 0 aromatic heterocycles. The molecule has 112 valence electrons. The average molecular weight is 276 g/mol. The minimum Gasteiger partial charge on any atom is -0.494 e. The van der Waals surface area contributed by atoms with Crippen LogP contribution in [0.25, 0.3) is 0 Å². The zero-order valence-electron chi connectivity index (χ0n) is 12.5. The van der Waals surface area contributed by atoms with Crippen molar-refractivity contribution in [2.45, 2.75) is 45.1 Å². The monoisotopic (exact) mass is 276 g/mol. The average Bonchev–Trinajstić information content (AvgIpc) is 2.43. The van der Waals surface area contributed by atoms with Crippen molar-refractivity contribution in [3.8, 4) is 5.75 Å². The second-order valence-electron chi connectivity index (χ2n) is 5.68. The lowest BCUT2D eigenvalue weighted by Gasteiger charge is -2.24. The molecule has 0 aliphatic carbocycles. The van der Waals surface area contributed by atoms with Gasteiger partial charge in [0.2, 0.25) is 0 Å². The van der Waals surface area contributed by atoms with Gasteiger partial charge < -0.3 is 10.5 Å². The molecular weight excluding hydrogens is 248 g/mol. The molecule has 1 heterocycles. The van der Waals surface area contributed by atoms with Gasteiger partial charge in [0.05, 0.1) is 6.61 Å². The molecule has 1 aromatic rings. The molecule has 3 heteroatoms. The molecule has 0 amide bonds. The molecule has 1 aliphatic rings. The number of hydrogen-bond donors (Lipinski definition) is 1. The quantitative estimate of drug-likeness (QED) is 0.811. The summed E-state index contributed by atoms with van der Waals surface area (Å²) in [7, 11) is 0. The summed E-state index contributed by atoms with van der Waals surface area (Å²) in [5.74, 6) is 0.975. The van der Waals surface area contributed by atoms with Crippen LogP contribution in [0.1, 0.15) is 44.1 Å². The van der Waals surface area contributed by atoms with Crippen LogP contribution in [0.4, 0.5) is 0 Å². The minimum absolute atomic E-state index is 0.688. The van der Waals surface area contributed by atoms with E-state index in [2.05, 4.69) is 23.1 Å². The number of ether oxygens (including phenoxy) is 1. The Labute approximate surface area is 123 Å². The van der Waals surface area contributed by atoms with Crippen LogP contribution in [0.5, 0.6) is 5.75 Å². The highest BCUT2D eigenvalue weighted by Gasteiger charge is 2.09. The fourth-order valence-corrected chi connectivity index (χ4v) is 2.74. The van der Waals surface area contributed by atoms with Gasteiger partial charge in [0.25, 0.3) is 0 Å². The van der Waals surface area contributed by atoms with E-state index in [1.165, 1.54) is 50.8 Å². The summed E-state index contributed by atoms with van der Waals surface area (Å²) in [5, 5.41) is 0. The lowest BCUT2D eigenvalue weighted by Crippen LogP contribution is -2.26. The van der Waals surface area contributed by atoms with Crippen LogP contribution < -0.4 is 10.5 Å². The largest absolute Gasteiger partial charge is 0.494 e. The standard InChI is InChI=1S/C17H28N2O/c18-10-7-13-20-17-9-6-8-16(14-17)15-19-11-4-2-1-3-5-12-19/h6,8-9,14H,1-5,7,10-13,15,18H2. The molecule has 1 aliphatic heterocycles. The zero-order chi connectivity index (χ0) is 14.0. The molecule has 0 unspecified atom stereocenters. The Balaban J connectivity index is 1.85. The highest BCUT2D eigenvalue weighted by Crippen LogP contribution is 2.17. The first-order valence-electron chi connectivity index (χ1n) is 8.02. The molecular formula is C17H28N2O. The van der Waals surface area contributed by atoms with Gasteiger partial charge in [-0.05, 0) is 56.6 Å². The van der Waals surface area contributed by atoms with Crippen LogP contribution in [-0.2, 0) is 6.54 Å². The highest BCUT2D eigenvalue weighted by atomic mass is 16.5. The Hall–Kier alpha value is -1.06. The van der Waals surface area contributed by atoms with Gasteiger partial charge in [-0.15, -0.1) is 0 Å². The van der Waals surface area contributed by atoms with Crippen LogP contribution >= 0.6 is 0 Å². The maximum atomic E-state index is 5.72. The first kappa shape index (κ1) is 15.3. The van der Waals surface area contributed by atoms with Crippen LogP contribution in [-0.4, -0.2) is 31.1 Å². The number of nitrogens with zero attached hydrogens (tertiary/aromatic N) is 1. The van der Waals surface area contributed by atoms with Crippen LogP contribution in [0.15, 0.2) is 24.3 Å². The second-order valence-corrected chi connectivity index (χ2v) is 5.68. The highest BCUT2D eigenvalue weighted by molar-refractivity contribution is 5.28. The molecule has 0 bridgehead atoms. The SMILES string of the molecule is NCCCOc1cccc(CN2CCCCCCC2)c1. The van der Waals surface area contributed by atoms with E-state index < -0.39 is 0 Å². The van der Waals surface area contributed by atoms with Crippen LogP contribution in [0, 0.1) is 0 Å². The Bertz CT molecular complexity index is 373. The predicted molar refractivity (Wildman–Crippen MR) is 84.0 cm³/mol. The second kappa shape index (κ2) is 8.98. The van der Waals surface area contributed by atoms with Crippen molar-refractivity contribution in [1.82, 2.24) is 4.90 Å². The summed E-state index contributed by atoms with van der Waals surface area (Å²) < 4.78 is 5.72. The van der Waals surface area contributed by atoms with Crippen LogP contribution in [0.3, 0.4) is 0 Å². The van der Waals surface area contributed by atoms with E-state index in [9.17, 15) is 0 Å². The summed E-state index contributed by atoms with van der Waals surface area (Å²) >= 11 is 0. The summed E-state index contributed by atoms with van der Waals surface area (Å²) in [6.45, 7) is 4.92. The number of rotatable bonds is 6. The fourth-order valence-electron chi connectivity index (χ4n) is 2.74. The first-order chi connectivity index (χ1) is 9.88. The molecule has 2 rings (SSSR count). The Morgan fingerprint density at radius 2 is 1.80 bits per heavy atom. The third kappa shape index (κ3) is 5.51. The van der Waals surface area contributed by atoms with Crippen molar-refractivity contribution in [2.75, 3.05) is 26.2 Å². The molecule has 0 atom stereocenters.